The first-order valence-electron chi connectivity index (χ1n) is 5.71. The van der Waals surface area contributed by atoms with Crippen molar-refractivity contribution in [3.63, 3.8) is 0 Å². The summed E-state index contributed by atoms with van der Waals surface area (Å²) in [4.78, 5) is 12.5. The third-order valence-electron chi connectivity index (χ3n) is 3.51. The zero-order valence-electron chi connectivity index (χ0n) is 9.86. The Morgan fingerprint density at radius 1 is 1.35 bits per heavy atom. The highest BCUT2D eigenvalue weighted by molar-refractivity contribution is 6.31. The van der Waals surface area contributed by atoms with Gasteiger partial charge in [-0.1, -0.05) is 29.8 Å². The molecule has 0 atom stereocenters. The summed E-state index contributed by atoms with van der Waals surface area (Å²) < 4.78 is 5.71. The molecule has 17 heavy (non-hydrogen) atoms. The van der Waals surface area contributed by atoms with Crippen molar-refractivity contribution >= 4 is 18.0 Å². The SMILES string of the molecule is COC1(c2ccccc2Cl)CCN(C=O)CC1. The molecule has 0 bridgehead atoms. The Morgan fingerprint density at radius 3 is 2.53 bits per heavy atom. The van der Waals surface area contributed by atoms with Crippen LogP contribution in [0.4, 0.5) is 0 Å². The van der Waals surface area contributed by atoms with Gasteiger partial charge in [0.1, 0.15) is 0 Å². The van der Waals surface area contributed by atoms with Crippen LogP contribution in [-0.2, 0) is 15.1 Å². The zero-order chi connectivity index (χ0) is 12.3. The van der Waals surface area contributed by atoms with Crippen LogP contribution in [0.1, 0.15) is 18.4 Å². The average Bonchev–Trinajstić information content (AvgIpc) is 2.39. The minimum atomic E-state index is -0.349. The van der Waals surface area contributed by atoms with Gasteiger partial charge in [-0.15, -0.1) is 0 Å². The Kier molecular flexibility index (Phi) is 3.69. The molecule has 0 saturated carbocycles. The fourth-order valence-electron chi connectivity index (χ4n) is 2.40. The number of halogens is 1. The normalized spacial score (nSPS) is 19.1. The van der Waals surface area contributed by atoms with Crippen molar-refractivity contribution in [1.29, 1.82) is 0 Å². The first-order chi connectivity index (χ1) is 8.22. The van der Waals surface area contributed by atoms with Crippen LogP contribution in [0.2, 0.25) is 5.02 Å². The number of rotatable bonds is 3. The van der Waals surface area contributed by atoms with Gasteiger partial charge in [-0.2, -0.15) is 0 Å². The van der Waals surface area contributed by atoms with E-state index in [0.717, 1.165) is 29.8 Å². The molecule has 0 unspecified atom stereocenters. The summed E-state index contributed by atoms with van der Waals surface area (Å²) >= 11 is 6.23. The molecule has 4 heteroatoms. The largest absolute Gasteiger partial charge is 0.373 e. The zero-order valence-corrected chi connectivity index (χ0v) is 10.6. The van der Waals surface area contributed by atoms with E-state index >= 15 is 0 Å². The van der Waals surface area contributed by atoms with E-state index in [2.05, 4.69) is 0 Å². The van der Waals surface area contributed by atoms with Crippen molar-refractivity contribution in [1.82, 2.24) is 4.90 Å². The van der Waals surface area contributed by atoms with Crippen LogP contribution in [0.15, 0.2) is 24.3 Å². The van der Waals surface area contributed by atoms with Crippen molar-refractivity contribution in [2.75, 3.05) is 20.2 Å². The topological polar surface area (TPSA) is 29.5 Å². The maximum atomic E-state index is 10.7. The smallest absolute Gasteiger partial charge is 0.209 e. The van der Waals surface area contributed by atoms with E-state index in [0.29, 0.717) is 13.1 Å². The highest BCUT2D eigenvalue weighted by atomic mass is 35.5. The van der Waals surface area contributed by atoms with E-state index in [1.807, 2.05) is 24.3 Å². The molecule has 2 rings (SSSR count). The predicted octanol–water partition coefficient (Wildman–Crippen LogP) is 2.43. The number of piperidine rings is 1. The molecule has 3 nitrogen and oxygen atoms in total. The van der Waals surface area contributed by atoms with Gasteiger partial charge in [-0.25, -0.2) is 0 Å². The Balaban J connectivity index is 2.27. The predicted molar refractivity (Wildman–Crippen MR) is 67.0 cm³/mol. The molecule has 0 N–H and O–H groups in total. The fourth-order valence-corrected chi connectivity index (χ4v) is 2.71. The van der Waals surface area contributed by atoms with Crippen molar-refractivity contribution in [3.8, 4) is 0 Å². The van der Waals surface area contributed by atoms with Crippen molar-refractivity contribution in [2.45, 2.75) is 18.4 Å². The van der Waals surface area contributed by atoms with E-state index in [4.69, 9.17) is 16.3 Å². The van der Waals surface area contributed by atoms with Gasteiger partial charge in [0.15, 0.2) is 0 Å². The third kappa shape index (κ3) is 2.31. The lowest BCUT2D eigenvalue weighted by atomic mass is 9.84. The van der Waals surface area contributed by atoms with Crippen LogP contribution in [-0.4, -0.2) is 31.5 Å². The van der Waals surface area contributed by atoms with Crippen LogP contribution in [0, 0.1) is 0 Å². The van der Waals surface area contributed by atoms with Gasteiger partial charge in [0.25, 0.3) is 0 Å². The van der Waals surface area contributed by atoms with Crippen LogP contribution < -0.4 is 0 Å². The van der Waals surface area contributed by atoms with Gasteiger partial charge in [-0.05, 0) is 18.9 Å². The second-order valence-electron chi connectivity index (χ2n) is 4.32. The third-order valence-corrected chi connectivity index (χ3v) is 3.84. The molecule has 1 aromatic rings. The molecule has 1 heterocycles. The van der Waals surface area contributed by atoms with E-state index < -0.39 is 0 Å². The van der Waals surface area contributed by atoms with Crippen molar-refractivity contribution in [2.24, 2.45) is 0 Å². The summed E-state index contributed by atoms with van der Waals surface area (Å²) in [6.45, 7) is 1.42. The number of carbonyl (C=O) groups excluding carboxylic acids is 1. The minimum Gasteiger partial charge on any atom is -0.373 e. The second-order valence-corrected chi connectivity index (χ2v) is 4.73. The number of benzene rings is 1. The molecule has 1 fully saturated rings. The van der Waals surface area contributed by atoms with E-state index in [1.165, 1.54) is 0 Å². The standard InChI is InChI=1S/C13H16ClNO2/c1-17-13(6-8-15(10-16)9-7-13)11-4-2-3-5-12(11)14/h2-5,10H,6-9H2,1H3. The van der Waals surface area contributed by atoms with E-state index in [9.17, 15) is 4.79 Å². The number of hydrogen-bond acceptors (Lipinski definition) is 2. The molecular weight excluding hydrogens is 238 g/mol. The van der Waals surface area contributed by atoms with Crippen LogP contribution >= 0.6 is 11.6 Å². The number of amides is 1. The maximum absolute atomic E-state index is 10.7. The molecule has 0 radical (unpaired) electrons. The van der Waals surface area contributed by atoms with E-state index in [-0.39, 0.29) is 5.60 Å². The molecule has 1 aliphatic rings. The van der Waals surface area contributed by atoms with Gasteiger partial charge in [0.05, 0.1) is 5.60 Å². The van der Waals surface area contributed by atoms with Gasteiger partial charge in [-0.3, -0.25) is 4.79 Å². The lowest BCUT2D eigenvalue weighted by molar-refractivity contribution is -0.124. The van der Waals surface area contributed by atoms with Gasteiger partial charge in [0, 0.05) is 30.8 Å². The first kappa shape index (κ1) is 12.4. The summed E-state index contributed by atoms with van der Waals surface area (Å²) in [7, 11) is 1.71. The van der Waals surface area contributed by atoms with Gasteiger partial charge < -0.3 is 9.64 Å². The summed E-state index contributed by atoms with van der Waals surface area (Å²) in [5, 5.41) is 0.730. The Morgan fingerprint density at radius 2 is 2.00 bits per heavy atom. The fraction of sp³-hybridized carbons (Fsp3) is 0.462. The molecule has 1 aliphatic heterocycles. The van der Waals surface area contributed by atoms with Crippen molar-refractivity contribution < 1.29 is 9.53 Å². The van der Waals surface area contributed by atoms with Gasteiger partial charge in [0.2, 0.25) is 6.41 Å². The average molecular weight is 254 g/mol. The molecule has 1 amide bonds. The molecule has 0 aliphatic carbocycles. The van der Waals surface area contributed by atoms with Crippen LogP contribution in [0.3, 0.4) is 0 Å². The molecule has 92 valence electrons. The Labute approximate surface area is 106 Å². The minimum absolute atomic E-state index is 0.349. The van der Waals surface area contributed by atoms with Crippen molar-refractivity contribution in [3.05, 3.63) is 34.9 Å². The summed E-state index contributed by atoms with van der Waals surface area (Å²) in [5.74, 6) is 0. The summed E-state index contributed by atoms with van der Waals surface area (Å²) in [5.41, 5.74) is 0.674. The lowest BCUT2D eigenvalue weighted by Gasteiger charge is -2.40. The number of hydrogen-bond donors (Lipinski definition) is 0. The quantitative estimate of drug-likeness (QED) is 0.775. The maximum Gasteiger partial charge on any atom is 0.209 e. The Hall–Kier alpha value is -1.06. The number of likely N-dealkylation sites (tertiary alicyclic amines) is 1. The summed E-state index contributed by atoms with van der Waals surface area (Å²) in [6, 6.07) is 7.76. The molecular formula is C13H16ClNO2. The highest BCUT2D eigenvalue weighted by Crippen LogP contribution is 2.39. The molecule has 0 spiro atoms. The van der Waals surface area contributed by atoms with Crippen LogP contribution in [0.5, 0.6) is 0 Å². The highest BCUT2D eigenvalue weighted by Gasteiger charge is 2.37. The first-order valence-corrected chi connectivity index (χ1v) is 6.09. The van der Waals surface area contributed by atoms with E-state index in [1.54, 1.807) is 12.0 Å². The van der Waals surface area contributed by atoms with Gasteiger partial charge >= 0.3 is 0 Å². The molecule has 0 aromatic heterocycles. The number of methoxy groups -OCH3 is 1. The lowest BCUT2D eigenvalue weighted by Crippen LogP contribution is -2.43. The monoisotopic (exact) mass is 253 g/mol. The Bertz CT molecular complexity index is 400. The molecule has 1 saturated heterocycles. The molecule has 1 aromatic carbocycles. The number of carbonyl (C=O) groups is 1. The number of nitrogens with zero attached hydrogens (tertiary/aromatic N) is 1. The second kappa shape index (κ2) is 5.07. The van der Waals surface area contributed by atoms with Crippen LogP contribution in [0.25, 0.3) is 0 Å². The summed E-state index contributed by atoms with van der Waals surface area (Å²) in [6.07, 6.45) is 2.46. The number of ether oxygens (including phenoxy) is 1.